The van der Waals surface area contributed by atoms with E-state index < -0.39 is 6.04 Å². The van der Waals surface area contributed by atoms with Crippen LogP contribution < -0.4 is 16.0 Å². The van der Waals surface area contributed by atoms with E-state index in [1.54, 1.807) is 12.1 Å². The number of fused-ring (bicyclic) bond motifs is 1. The molecule has 3 rings (SSSR count). The summed E-state index contributed by atoms with van der Waals surface area (Å²) in [4.78, 5) is 13.8. The fourth-order valence-electron chi connectivity index (χ4n) is 2.28. The molecular formula is C15H14FN3O. The molecule has 0 aliphatic carbocycles. The topological polar surface area (TPSA) is 58.4 Å². The van der Waals surface area contributed by atoms with Crippen molar-refractivity contribution in [3.63, 3.8) is 0 Å². The molecule has 0 spiro atoms. The molecule has 2 aromatic carbocycles. The summed E-state index contributed by atoms with van der Waals surface area (Å²) in [5.41, 5.74) is 8.24. The van der Waals surface area contributed by atoms with Crippen LogP contribution in [-0.2, 0) is 4.79 Å². The minimum atomic E-state index is -0.646. The quantitative estimate of drug-likeness (QED) is 0.836. The van der Waals surface area contributed by atoms with Crippen LogP contribution in [0, 0.1) is 5.82 Å². The molecular weight excluding hydrogens is 257 g/mol. The Morgan fingerprint density at radius 2 is 1.85 bits per heavy atom. The van der Waals surface area contributed by atoms with Crippen LogP contribution in [0.1, 0.15) is 0 Å². The van der Waals surface area contributed by atoms with Crippen LogP contribution in [-0.4, -0.2) is 18.5 Å². The van der Waals surface area contributed by atoms with Crippen molar-refractivity contribution in [2.24, 2.45) is 5.73 Å². The van der Waals surface area contributed by atoms with Gasteiger partial charge in [0.25, 0.3) is 0 Å². The average Bonchev–Trinajstić information content (AvgIpc) is 2.58. The number of amides is 1. The van der Waals surface area contributed by atoms with Crippen LogP contribution in [0.3, 0.4) is 0 Å². The van der Waals surface area contributed by atoms with Gasteiger partial charge in [-0.25, -0.2) is 4.39 Å². The summed E-state index contributed by atoms with van der Waals surface area (Å²) >= 11 is 0. The van der Waals surface area contributed by atoms with E-state index in [4.69, 9.17) is 5.73 Å². The van der Waals surface area contributed by atoms with E-state index in [1.807, 2.05) is 29.2 Å². The number of carbonyl (C=O) groups is 1. The van der Waals surface area contributed by atoms with Crippen LogP contribution in [0.25, 0.3) is 0 Å². The molecule has 5 heteroatoms. The molecule has 20 heavy (non-hydrogen) atoms. The summed E-state index contributed by atoms with van der Waals surface area (Å²) in [6.45, 7) is 0.342. The van der Waals surface area contributed by atoms with Crippen molar-refractivity contribution in [3.8, 4) is 0 Å². The molecule has 0 saturated carbocycles. The van der Waals surface area contributed by atoms with Gasteiger partial charge in [0.05, 0.1) is 11.4 Å². The van der Waals surface area contributed by atoms with Crippen molar-refractivity contribution in [1.29, 1.82) is 0 Å². The summed E-state index contributed by atoms with van der Waals surface area (Å²) in [6.07, 6.45) is 0. The molecule has 1 heterocycles. The highest BCUT2D eigenvalue weighted by atomic mass is 19.1. The van der Waals surface area contributed by atoms with Crippen LogP contribution in [0.2, 0.25) is 0 Å². The Labute approximate surface area is 116 Å². The van der Waals surface area contributed by atoms with Gasteiger partial charge in [0, 0.05) is 12.2 Å². The van der Waals surface area contributed by atoms with Crippen molar-refractivity contribution < 1.29 is 9.18 Å². The summed E-state index contributed by atoms with van der Waals surface area (Å²) in [5, 5.41) is 2.80. The molecule has 0 radical (unpaired) electrons. The molecule has 1 aliphatic rings. The standard InChI is InChI=1S/C15H14FN3O/c16-10-5-7-11(8-6-10)19-9-12(17)15(20)18-13-3-1-2-4-14(13)19/h1-8,12H,9,17H2,(H,18,20)/t12-/m0/s1. The molecule has 102 valence electrons. The van der Waals surface area contributed by atoms with Gasteiger partial charge in [-0.3, -0.25) is 4.79 Å². The lowest BCUT2D eigenvalue weighted by Crippen LogP contribution is -2.41. The predicted molar refractivity (Wildman–Crippen MR) is 76.5 cm³/mol. The number of hydrogen-bond donors (Lipinski definition) is 2. The number of nitrogens with one attached hydrogen (secondary N) is 1. The Hall–Kier alpha value is -2.40. The number of hydrogen-bond acceptors (Lipinski definition) is 3. The smallest absolute Gasteiger partial charge is 0.243 e. The lowest BCUT2D eigenvalue weighted by molar-refractivity contribution is -0.117. The Morgan fingerprint density at radius 3 is 2.60 bits per heavy atom. The van der Waals surface area contributed by atoms with Gasteiger partial charge in [0.1, 0.15) is 11.9 Å². The number of carbonyl (C=O) groups excluding carboxylic acids is 1. The zero-order chi connectivity index (χ0) is 14.1. The molecule has 0 bridgehead atoms. The second-order valence-corrected chi connectivity index (χ2v) is 4.70. The predicted octanol–water partition coefficient (Wildman–Crippen LogP) is 2.24. The van der Waals surface area contributed by atoms with Gasteiger partial charge in [-0.15, -0.1) is 0 Å². The fraction of sp³-hybridized carbons (Fsp3) is 0.133. The number of para-hydroxylation sites is 2. The SMILES string of the molecule is N[C@H]1CN(c2ccc(F)cc2)c2ccccc2NC1=O. The summed E-state index contributed by atoms with van der Waals surface area (Å²) in [6, 6.07) is 12.9. The molecule has 0 saturated heterocycles. The zero-order valence-electron chi connectivity index (χ0n) is 10.7. The molecule has 1 atom stereocenters. The summed E-state index contributed by atoms with van der Waals surface area (Å²) < 4.78 is 13.1. The molecule has 0 aromatic heterocycles. The molecule has 3 N–H and O–H groups in total. The number of benzene rings is 2. The van der Waals surface area contributed by atoms with Gasteiger partial charge in [0.2, 0.25) is 5.91 Å². The molecule has 2 aromatic rings. The molecule has 0 unspecified atom stereocenters. The fourth-order valence-corrected chi connectivity index (χ4v) is 2.28. The number of halogens is 1. The van der Waals surface area contributed by atoms with E-state index >= 15 is 0 Å². The van der Waals surface area contributed by atoms with Crippen LogP contribution in [0.15, 0.2) is 48.5 Å². The third kappa shape index (κ3) is 2.23. The van der Waals surface area contributed by atoms with E-state index in [0.717, 1.165) is 11.4 Å². The van der Waals surface area contributed by atoms with Crippen molar-refractivity contribution >= 4 is 23.0 Å². The zero-order valence-corrected chi connectivity index (χ0v) is 10.7. The van der Waals surface area contributed by atoms with Gasteiger partial charge in [-0.1, -0.05) is 12.1 Å². The maximum atomic E-state index is 13.1. The Morgan fingerprint density at radius 1 is 1.15 bits per heavy atom. The van der Waals surface area contributed by atoms with Crippen LogP contribution in [0.5, 0.6) is 0 Å². The molecule has 1 aliphatic heterocycles. The largest absolute Gasteiger partial charge is 0.338 e. The van der Waals surface area contributed by atoms with E-state index in [1.165, 1.54) is 12.1 Å². The Balaban J connectivity index is 2.09. The van der Waals surface area contributed by atoms with Crippen LogP contribution in [0.4, 0.5) is 21.5 Å². The monoisotopic (exact) mass is 271 g/mol. The molecule has 4 nitrogen and oxygen atoms in total. The third-order valence-electron chi connectivity index (χ3n) is 3.31. The summed E-state index contributed by atoms with van der Waals surface area (Å²) in [5.74, 6) is -0.516. The second kappa shape index (κ2) is 4.94. The normalized spacial score (nSPS) is 18.2. The first-order valence-electron chi connectivity index (χ1n) is 6.34. The van der Waals surface area contributed by atoms with Crippen LogP contribution >= 0.6 is 0 Å². The second-order valence-electron chi connectivity index (χ2n) is 4.70. The highest BCUT2D eigenvalue weighted by Gasteiger charge is 2.25. The minimum absolute atomic E-state index is 0.220. The Bertz CT molecular complexity index is 642. The summed E-state index contributed by atoms with van der Waals surface area (Å²) in [7, 11) is 0. The van der Waals surface area contributed by atoms with Gasteiger partial charge < -0.3 is 16.0 Å². The third-order valence-corrected chi connectivity index (χ3v) is 3.31. The van der Waals surface area contributed by atoms with Gasteiger partial charge >= 0.3 is 0 Å². The number of rotatable bonds is 1. The van der Waals surface area contributed by atoms with Crippen molar-refractivity contribution in [3.05, 3.63) is 54.3 Å². The van der Waals surface area contributed by atoms with Gasteiger partial charge in [-0.2, -0.15) is 0 Å². The molecule has 0 fully saturated rings. The van der Waals surface area contributed by atoms with Crippen molar-refractivity contribution in [1.82, 2.24) is 0 Å². The first-order valence-corrected chi connectivity index (χ1v) is 6.34. The van der Waals surface area contributed by atoms with E-state index in [2.05, 4.69) is 5.32 Å². The maximum Gasteiger partial charge on any atom is 0.243 e. The van der Waals surface area contributed by atoms with E-state index in [9.17, 15) is 9.18 Å². The average molecular weight is 271 g/mol. The highest BCUT2D eigenvalue weighted by Crippen LogP contribution is 2.33. The lowest BCUT2D eigenvalue weighted by atomic mass is 10.2. The minimum Gasteiger partial charge on any atom is -0.338 e. The number of anilines is 3. The van der Waals surface area contributed by atoms with Gasteiger partial charge in [-0.05, 0) is 36.4 Å². The molecule has 1 amide bonds. The van der Waals surface area contributed by atoms with Gasteiger partial charge in [0.15, 0.2) is 0 Å². The maximum absolute atomic E-state index is 13.1. The van der Waals surface area contributed by atoms with Crippen molar-refractivity contribution in [2.75, 3.05) is 16.8 Å². The lowest BCUT2D eigenvalue weighted by Gasteiger charge is -2.25. The first-order chi connectivity index (χ1) is 9.65. The van der Waals surface area contributed by atoms with Crippen molar-refractivity contribution in [2.45, 2.75) is 6.04 Å². The van der Waals surface area contributed by atoms with E-state index in [0.29, 0.717) is 12.2 Å². The number of nitrogens with two attached hydrogens (primary N) is 1. The van der Waals surface area contributed by atoms with E-state index in [-0.39, 0.29) is 11.7 Å². The Kier molecular flexibility index (Phi) is 3.12. The first kappa shape index (κ1) is 12.6. The highest BCUT2D eigenvalue weighted by molar-refractivity contribution is 6.00. The number of nitrogens with zero attached hydrogens (tertiary/aromatic N) is 1.